The van der Waals surface area contributed by atoms with Gasteiger partial charge in [-0.3, -0.25) is 4.79 Å². The number of carbonyl (C=O) groups excluding carboxylic acids is 1. The Balaban J connectivity index is 1.68. The molecule has 0 radical (unpaired) electrons. The molecule has 1 aliphatic rings. The van der Waals surface area contributed by atoms with E-state index in [1.54, 1.807) is 12.1 Å². The minimum atomic E-state index is 0.102. The van der Waals surface area contributed by atoms with Crippen LogP contribution in [0.2, 0.25) is 5.02 Å². The summed E-state index contributed by atoms with van der Waals surface area (Å²) in [6, 6.07) is 15.3. The second-order valence-corrected chi connectivity index (χ2v) is 5.88. The van der Waals surface area contributed by atoms with Gasteiger partial charge in [0, 0.05) is 30.3 Å². The van der Waals surface area contributed by atoms with Crippen LogP contribution < -0.4 is 4.90 Å². The zero-order chi connectivity index (χ0) is 16.2. The van der Waals surface area contributed by atoms with Crippen LogP contribution >= 0.6 is 11.6 Å². The van der Waals surface area contributed by atoms with E-state index in [-0.39, 0.29) is 5.91 Å². The monoisotopic (exact) mass is 325 g/mol. The first-order valence-corrected chi connectivity index (χ1v) is 7.79. The molecule has 5 heteroatoms. The van der Waals surface area contributed by atoms with E-state index < -0.39 is 0 Å². The molecule has 0 aliphatic carbocycles. The predicted octanol–water partition coefficient (Wildman–Crippen LogP) is 3.74. The van der Waals surface area contributed by atoms with Crippen molar-refractivity contribution in [3.8, 4) is 0 Å². The van der Waals surface area contributed by atoms with Crippen molar-refractivity contribution in [2.45, 2.75) is 6.54 Å². The lowest BCUT2D eigenvalue weighted by molar-refractivity contribution is -0.131. The van der Waals surface area contributed by atoms with Crippen molar-refractivity contribution in [2.75, 3.05) is 24.5 Å². The van der Waals surface area contributed by atoms with Gasteiger partial charge in [0.05, 0.1) is 13.1 Å². The Bertz CT molecular complexity index is 755. The summed E-state index contributed by atoms with van der Waals surface area (Å²) >= 11 is 6.09. The van der Waals surface area contributed by atoms with E-state index in [0.29, 0.717) is 30.3 Å². The third-order valence-corrected chi connectivity index (χ3v) is 4.25. The van der Waals surface area contributed by atoms with Crippen LogP contribution in [0.15, 0.2) is 48.5 Å². The van der Waals surface area contributed by atoms with Gasteiger partial charge in [-0.25, -0.2) is 4.85 Å². The molecule has 1 saturated heterocycles. The van der Waals surface area contributed by atoms with Crippen molar-refractivity contribution in [1.82, 2.24) is 4.90 Å². The quantitative estimate of drug-likeness (QED) is 0.804. The van der Waals surface area contributed by atoms with Gasteiger partial charge in [0.25, 0.3) is 0 Å². The highest BCUT2D eigenvalue weighted by atomic mass is 35.5. The summed E-state index contributed by atoms with van der Waals surface area (Å²) < 4.78 is 0. The molecule has 116 valence electrons. The number of anilines is 1. The summed E-state index contributed by atoms with van der Waals surface area (Å²) in [5.41, 5.74) is 2.46. The normalized spacial score (nSPS) is 14.7. The van der Waals surface area contributed by atoms with Gasteiger partial charge in [-0.05, 0) is 17.7 Å². The highest BCUT2D eigenvalue weighted by molar-refractivity contribution is 6.33. The second kappa shape index (κ2) is 6.72. The summed E-state index contributed by atoms with van der Waals surface area (Å²) in [7, 11) is 0. The van der Waals surface area contributed by atoms with Crippen molar-refractivity contribution in [3.05, 3.63) is 70.5 Å². The molecule has 0 spiro atoms. The largest absolute Gasteiger partial charge is 0.360 e. The van der Waals surface area contributed by atoms with Crippen LogP contribution in [0.3, 0.4) is 0 Å². The Morgan fingerprint density at radius 1 is 1.13 bits per heavy atom. The lowest BCUT2D eigenvalue weighted by Gasteiger charge is -2.35. The fourth-order valence-electron chi connectivity index (χ4n) is 2.68. The number of carbonyl (C=O) groups is 1. The Morgan fingerprint density at radius 3 is 2.57 bits per heavy atom. The number of hydrogen-bond acceptors (Lipinski definition) is 2. The van der Waals surface area contributed by atoms with E-state index >= 15 is 0 Å². The van der Waals surface area contributed by atoms with Crippen LogP contribution in [0, 0.1) is 6.57 Å². The number of rotatable bonds is 3. The highest BCUT2D eigenvalue weighted by Crippen LogP contribution is 2.30. The summed E-state index contributed by atoms with van der Waals surface area (Å²) in [5, 5.41) is 0.427. The Kier molecular flexibility index (Phi) is 4.50. The zero-order valence-electron chi connectivity index (χ0n) is 12.6. The van der Waals surface area contributed by atoms with E-state index in [4.69, 9.17) is 18.2 Å². The average Bonchev–Trinajstić information content (AvgIpc) is 2.57. The number of benzene rings is 2. The van der Waals surface area contributed by atoms with Gasteiger partial charge in [0.15, 0.2) is 0 Å². The van der Waals surface area contributed by atoms with Gasteiger partial charge in [-0.15, -0.1) is 0 Å². The summed E-state index contributed by atoms with van der Waals surface area (Å²) in [6.07, 6.45) is 0. The molecular weight excluding hydrogens is 310 g/mol. The predicted molar refractivity (Wildman–Crippen MR) is 91.8 cm³/mol. The number of halogens is 1. The molecule has 1 fully saturated rings. The number of nitrogens with zero attached hydrogens (tertiary/aromatic N) is 3. The molecule has 0 bridgehead atoms. The van der Waals surface area contributed by atoms with Crippen molar-refractivity contribution in [3.63, 3.8) is 0 Å². The molecular formula is C18H16ClN3O. The lowest BCUT2D eigenvalue weighted by Crippen LogP contribution is -2.50. The molecule has 0 saturated carbocycles. The van der Waals surface area contributed by atoms with Crippen molar-refractivity contribution in [2.24, 2.45) is 0 Å². The van der Waals surface area contributed by atoms with Crippen molar-refractivity contribution in [1.29, 1.82) is 0 Å². The Morgan fingerprint density at radius 2 is 1.91 bits per heavy atom. The molecule has 0 N–H and O–H groups in total. The topological polar surface area (TPSA) is 27.9 Å². The molecule has 2 aromatic rings. The maximum absolute atomic E-state index is 12.4. The Labute approximate surface area is 140 Å². The van der Waals surface area contributed by atoms with Gasteiger partial charge in [-0.2, -0.15) is 0 Å². The minimum Gasteiger partial charge on any atom is -0.360 e. The third-order valence-electron chi connectivity index (χ3n) is 3.95. The van der Waals surface area contributed by atoms with Crippen LogP contribution in [0.5, 0.6) is 0 Å². The van der Waals surface area contributed by atoms with Gasteiger partial charge in [-0.1, -0.05) is 48.0 Å². The first kappa shape index (κ1) is 15.4. The number of hydrogen-bond donors (Lipinski definition) is 0. The maximum atomic E-state index is 12.4. The molecule has 0 unspecified atom stereocenters. The Hall–Kier alpha value is -2.51. The van der Waals surface area contributed by atoms with Gasteiger partial charge >= 0.3 is 0 Å². The number of amides is 1. The van der Waals surface area contributed by atoms with E-state index in [9.17, 15) is 4.79 Å². The smallest absolute Gasteiger partial charge is 0.242 e. The summed E-state index contributed by atoms with van der Waals surface area (Å²) in [6.45, 7) is 9.44. The van der Waals surface area contributed by atoms with E-state index in [1.807, 2.05) is 46.2 Å². The minimum absolute atomic E-state index is 0.102. The number of piperazine rings is 1. The van der Waals surface area contributed by atoms with Crippen LogP contribution in [-0.4, -0.2) is 30.4 Å². The molecule has 1 amide bonds. The molecule has 1 aliphatic heterocycles. The summed E-state index contributed by atoms with van der Waals surface area (Å²) in [5.74, 6) is 0.102. The van der Waals surface area contributed by atoms with Crippen molar-refractivity contribution < 1.29 is 4.79 Å². The molecule has 4 nitrogen and oxygen atoms in total. The first-order valence-electron chi connectivity index (χ1n) is 7.41. The summed E-state index contributed by atoms with van der Waals surface area (Å²) in [4.78, 5) is 19.6. The lowest BCUT2D eigenvalue weighted by atomic mass is 10.2. The second-order valence-electron chi connectivity index (χ2n) is 5.47. The molecule has 0 atom stereocenters. The maximum Gasteiger partial charge on any atom is 0.242 e. The SMILES string of the molecule is [C-]#[N+]c1ccc(N2CCN(Cc3ccccc3)C(=O)C2)cc1Cl. The molecule has 3 rings (SSSR count). The van der Waals surface area contributed by atoms with Crippen LogP contribution in [0.4, 0.5) is 11.4 Å². The van der Waals surface area contributed by atoms with Gasteiger partial charge in [0.2, 0.25) is 11.6 Å². The first-order chi connectivity index (χ1) is 11.2. The fourth-order valence-corrected chi connectivity index (χ4v) is 2.90. The zero-order valence-corrected chi connectivity index (χ0v) is 13.3. The van der Waals surface area contributed by atoms with Crippen LogP contribution in [0.1, 0.15) is 5.56 Å². The third kappa shape index (κ3) is 3.46. The van der Waals surface area contributed by atoms with Gasteiger partial charge < -0.3 is 9.80 Å². The molecule has 1 heterocycles. The molecule has 0 aromatic heterocycles. The average molecular weight is 326 g/mol. The molecule has 2 aromatic carbocycles. The van der Waals surface area contributed by atoms with E-state index in [0.717, 1.165) is 17.8 Å². The van der Waals surface area contributed by atoms with Crippen molar-refractivity contribution >= 4 is 28.9 Å². The van der Waals surface area contributed by atoms with E-state index in [1.165, 1.54) is 0 Å². The van der Waals surface area contributed by atoms with Gasteiger partial charge in [0.1, 0.15) is 0 Å². The molecule has 23 heavy (non-hydrogen) atoms. The van der Waals surface area contributed by atoms with Crippen LogP contribution in [0.25, 0.3) is 4.85 Å². The standard InChI is InChI=1S/C18H16ClN3O/c1-20-17-8-7-15(11-16(17)19)21-9-10-22(18(23)13-21)12-14-5-3-2-4-6-14/h2-8,11H,9-10,12-13H2. The highest BCUT2D eigenvalue weighted by Gasteiger charge is 2.24. The van der Waals surface area contributed by atoms with E-state index in [2.05, 4.69) is 4.85 Å². The fraction of sp³-hybridized carbons (Fsp3) is 0.222. The van der Waals surface area contributed by atoms with Crippen LogP contribution in [-0.2, 0) is 11.3 Å².